The van der Waals surface area contributed by atoms with Crippen molar-refractivity contribution in [3.63, 3.8) is 0 Å². The quantitative estimate of drug-likeness (QED) is 0.248. The topological polar surface area (TPSA) is 109 Å². The van der Waals surface area contributed by atoms with Gasteiger partial charge in [0.2, 0.25) is 5.01 Å². The van der Waals surface area contributed by atoms with Gasteiger partial charge in [-0.15, -0.1) is 5.10 Å². The highest BCUT2D eigenvalue weighted by Crippen LogP contribution is 2.41. The van der Waals surface area contributed by atoms with Gasteiger partial charge >= 0.3 is 12.2 Å². The summed E-state index contributed by atoms with van der Waals surface area (Å²) in [7, 11) is 1.50. The highest BCUT2D eigenvalue weighted by atomic mass is 32.1. The minimum atomic E-state index is -4.63. The molecule has 0 amide bonds. The smallest absolute Gasteiger partial charge is 0.402 e. The molecule has 1 aliphatic rings. The summed E-state index contributed by atoms with van der Waals surface area (Å²) in [6, 6.07) is 17.0. The molecule has 0 spiro atoms. The number of hydrogen-bond acceptors (Lipinski definition) is 10. The molecule has 5 rings (SSSR count). The zero-order valence-electron chi connectivity index (χ0n) is 20.9. The molecular weight excluding hydrogens is 531 g/mol. The second kappa shape index (κ2) is 10.9. The summed E-state index contributed by atoms with van der Waals surface area (Å²) >= 11 is 0.457. The monoisotopic (exact) mass is 555 g/mol. The fourth-order valence-electron chi connectivity index (χ4n) is 3.96. The molecule has 0 fully saturated rings. The molecule has 0 saturated carbocycles. The average Bonchev–Trinajstić information content (AvgIpc) is 3.51. The van der Waals surface area contributed by atoms with E-state index in [0.29, 0.717) is 22.7 Å². The predicted octanol–water partition coefficient (Wildman–Crippen LogP) is 5.87. The van der Waals surface area contributed by atoms with Gasteiger partial charge in [-0.2, -0.15) is 13.2 Å². The van der Waals surface area contributed by atoms with Gasteiger partial charge < -0.3 is 25.1 Å². The Hall–Kier alpha value is -4.23. The molecule has 3 heterocycles. The fraction of sp³-hybridized carbons (Fsp3) is 0.231. The van der Waals surface area contributed by atoms with Crippen LogP contribution in [0.3, 0.4) is 0 Å². The van der Waals surface area contributed by atoms with Crippen LogP contribution in [0.25, 0.3) is 11.6 Å². The van der Waals surface area contributed by atoms with Crippen LogP contribution in [0, 0.1) is 0 Å². The minimum absolute atomic E-state index is 0.0579. The van der Waals surface area contributed by atoms with Crippen LogP contribution in [0.2, 0.25) is 0 Å². The third-order valence-corrected chi connectivity index (χ3v) is 6.70. The third kappa shape index (κ3) is 5.78. The molecule has 4 aromatic rings. The molecule has 0 unspecified atom stereocenters. The molecule has 13 heteroatoms. The van der Waals surface area contributed by atoms with Crippen molar-refractivity contribution in [2.75, 3.05) is 29.7 Å². The van der Waals surface area contributed by atoms with Gasteiger partial charge in [0.1, 0.15) is 5.00 Å². The number of nitrogens with zero attached hydrogens (tertiary/aromatic N) is 4. The van der Waals surface area contributed by atoms with E-state index in [1.54, 1.807) is 6.92 Å². The Morgan fingerprint density at radius 2 is 1.87 bits per heavy atom. The number of anilines is 3. The van der Waals surface area contributed by atoms with E-state index in [2.05, 4.69) is 37.7 Å². The summed E-state index contributed by atoms with van der Waals surface area (Å²) in [5.41, 5.74) is 3.71. The number of benzodiazepines with no additional fused rings is 1. The number of halogens is 3. The van der Waals surface area contributed by atoms with Crippen LogP contribution in [-0.2, 0) is 10.9 Å². The Bertz CT molecular complexity index is 1500. The van der Waals surface area contributed by atoms with E-state index >= 15 is 0 Å². The van der Waals surface area contributed by atoms with E-state index < -0.39 is 17.3 Å². The van der Waals surface area contributed by atoms with Crippen molar-refractivity contribution in [3.8, 4) is 11.6 Å². The molecule has 3 N–H and O–H groups in total. The van der Waals surface area contributed by atoms with E-state index in [9.17, 15) is 13.2 Å². The van der Waals surface area contributed by atoms with E-state index in [4.69, 9.17) is 14.1 Å². The van der Waals surface area contributed by atoms with Gasteiger partial charge in [-0.1, -0.05) is 71.5 Å². The number of nitrogens with one attached hydrogen (secondary N) is 3. The summed E-state index contributed by atoms with van der Waals surface area (Å²) in [6.07, 6.45) is -5.37. The van der Waals surface area contributed by atoms with Crippen LogP contribution < -0.4 is 16.0 Å². The first kappa shape index (κ1) is 26.4. The number of hydrogen-bond donors (Lipinski definition) is 3. The maximum atomic E-state index is 13.5. The first-order valence-electron chi connectivity index (χ1n) is 11.8. The standard InChI is InChI=1S/C26H24F3N7O2S/c1-14(13-37-3)30-23-20(33-24(39-23)26(27,28)29)22-35-36-25(38-22)34-21-15(2)31-18-12-8-7-11-17(18)19(32-21)16-9-5-4-6-10-16/h4-12,14,21,30-31H,2,13H2,1,3H3,(H,34,36)/t14-,21-/m1/s1. The van der Waals surface area contributed by atoms with Crippen LogP contribution in [0.4, 0.5) is 29.9 Å². The summed E-state index contributed by atoms with van der Waals surface area (Å²) in [5.74, 6) is -0.181. The maximum Gasteiger partial charge on any atom is 0.443 e. The van der Waals surface area contributed by atoms with Crippen LogP contribution in [0.15, 0.2) is 76.3 Å². The van der Waals surface area contributed by atoms with Crippen LogP contribution in [-0.4, -0.2) is 46.8 Å². The van der Waals surface area contributed by atoms with Crippen LogP contribution >= 0.6 is 11.3 Å². The van der Waals surface area contributed by atoms with Crippen molar-refractivity contribution < 1.29 is 22.3 Å². The van der Waals surface area contributed by atoms with E-state index in [-0.39, 0.29) is 35.2 Å². The number of methoxy groups -OCH3 is 1. The molecular formula is C26H24F3N7O2S. The molecule has 0 bridgehead atoms. The van der Waals surface area contributed by atoms with Crippen molar-refractivity contribution in [3.05, 3.63) is 83.0 Å². The zero-order chi connectivity index (χ0) is 27.6. The number of benzene rings is 2. The molecule has 2 aromatic carbocycles. The molecule has 1 aliphatic heterocycles. The number of rotatable bonds is 8. The molecule has 0 saturated heterocycles. The van der Waals surface area contributed by atoms with Crippen molar-refractivity contribution in [2.45, 2.75) is 25.3 Å². The number of para-hydroxylation sites is 1. The Morgan fingerprint density at radius 3 is 2.62 bits per heavy atom. The van der Waals surface area contributed by atoms with Crippen molar-refractivity contribution in [2.24, 2.45) is 4.99 Å². The van der Waals surface area contributed by atoms with Crippen molar-refractivity contribution >= 4 is 33.8 Å². The highest BCUT2D eigenvalue weighted by Gasteiger charge is 2.37. The van der Waals surface area contributed by atoms with Crippen molar-refractivity contribution in [1.82, 2.24) is 15.2 Å². The maximum absolute atomic E-state index is 13.5. The van der Waals surface area contributed by atoms with Gasteiger partial charge in [0.25, 0.3) is 5.89 Å². The molecule has 0 aliphatic carbocycles. The molecule has 0 radical (unpaired) electrons. The lowest BCUT2D eigenvalue weighted by molar-refractivity contribution is -0.137. The minimum Gasteiger partial charge on any atom is -0.402 e. The average molecular weight is 556 g/mol. The largest absolute Gasteiger partial charge is 0.443 e. The second-order valence-corrected chi connectivity index (χ2v) is 9.69. The number of aromatic nitrogens is 3. The van der Waals surface area contributed by atoms with Crippen LogP contribution in [0.1, 0.15) is 23.1 Å². The van der Waals surface area contributed by atoms with Gasteiger partial charge in [0.15, 0.2) is 11.9 Å². The number of alkyl halides is 3. The highest BCUT2D eigenvalue weighted by molar-refractivity contribution is 7.16. The number of aliphatic imine (C=N–C) groups is 1. The molecule has 39 heavy (non-hydrogen) atoms. The predicted molar refractivity (Wildman–Crippen MR) is 144 cm³/mol. The van der Waals surface area contributed by atoms with E-state index in [1.165, 1.54) is 7.11 Å². The first-order valence-corrected chi connectivity index (χ1v) is 12.7. The normalized spacial score (nSPS) is 16.1. The lowest BCUT2D eigenvalue weighted by atomic mass is 10.0. The SMILES string of the molecule is C=C1Nc2ccccc2C(c2ccccc2)=N[C@@H]1Nc1nnc(-c2nc(C(F)(F)F)sc2N[C@H](C)COC)o1. The van der Waals surface area contributed by atoms with Crippen molar-refractivity contribution in [1.29, 1.82) is 0 Å². The summed E-state index contributed by atoms with van der Waals surface area (Å²) in [5, 5.41) is 16.3. The lowest BCUT2D eigenvalue weighted by Gasteiger charge is -2.15. The molecule has 9 nitrogen and oxygen atoms in total. The summed E-state index contributed by atoms with van der Waals surface area (Å²) in [6.45, 7) is 6.15. The summed E-state index contributed by atoms with van der Waals surface area (Å²) < 4.78 is 51.2. The Balaban J connectivity index is 1.47. The van der Waals surface area contributed by atoms with Gasteiger partial charge in [-0.25, -0.2) is 4.98 Å². The number of thiazole rings is 1. The van der Waals surface area contributed by atoms with E-state index in [0.717, 1.165) is 16.8 Å². The molecule has 2 aromatic heterocycles. The first-order chi connectivity index (χ1) is 18.7. The van der Waals surface area contributed by atoms with Gasteiger partial charge in [-0.3, -0.25) is 4.99 Å². The molecule has 2 atom stereocenters. The Morgan fingerprint density at radius 1 is 1.13 bits per heavy atom. The fourth-order valence-corrected chi connectivity index (χ4v) is 4.89. The summed E-state index contributed by atoms with van der Waals surface area (Å²) in [4.78, 5) is 8.63. The van der Waals surface area contributed by atoms with Crippen LogP contribution in [0.5, 0.6) is 0 Å². The Kier molecular flexibility index (Phi) is 7.35. The Labute approximate surface area is 225 Å². The zero-order valence-corrected chi connectivity index (χ0v) is 21.7. The van der Waals surface area contributed by atoms with E-state index in [1.807, 2.05) is 54.6 Å². The third-order valence-electron chi connectivity index (χ3n) is 5.66. The second-order valence-electron chi connectivity index (χ2n) is 8.69. The lowest BCUT2D eigenvalue weighted by Crippen LogP contribution is -2.23. The van der Waals surface area contributed by atoms with Gasteiger partial charge in [0.05, 0.1) is 18.0 Å². The molecule has 202 valence electrons. The number of ether oxygens (including phenoxy) is 1. The van der Waals surface area contributed by atoms with Gasteiger partial charge in [0, 0.05) is 30.0 Å². The van der Waals surface area contributed by atoms with Gasteiger partial charge in [-0.05, 0) is 13.0 Å². The number of fused-ring (bicyclic) bond motifs is 1.